The Morgan fingerprint density at radius 3 is 2.70 bits per heavy atom. The van der Waals surface area contributed by atoms with E-state index < -0.39 is 0 Å². The van der Waals surface area contributed by atoms with Crippen molar-refractivity contribution in [3.63, 3.8) is 0 Å². The zero-order chi connectivity index (χ0) is 22.8. The van der Waals surface area contributed by atoms with Gasteiger partial charge in [-0.25, -0.2) is 14.5 Å². The van der Waals surface area contributed by atoms with Crippen LogP contribution in [0.2, 0.25) is 5.02 Å². The maximum absolute atomic E-state index is 12.7. The second-order valence-corrected chi connectivity index (χ2v) is 9.48. The summed E-state index contributed by atoms with van der Waals surface area (Å²) in [6, 6.07) is 7.82. The molecule has 2 aromatic heterocycles. The second kappa shape index (κ2) is 9.51. The average molecular weight is 470 g/mol. The van der Waals surface area contributed by atoms with Gasteiger partial charge in [0.2, 0.25) is 0 Å². The minimum atomic E-state index is -0.287. The molecule has 2 amide bonds. The topological polar surface area (TPSA) is 109 Å². The van der Waals surface area contributed by atoms with Gasteiger partial charge in [-0.3, -0.25) is 4.79 Å². The van der Waals surface area contributed by atoms with Crippen LogP contribution in [0.25, 0.3) is 11.2 Å². The fourth-order valence-electron chi connectivity index (χ4n) is 4.86. The summed E-state index contributed by atoms with van der Waals surface area (Å²) in [6.45, 7) is 1.71. The number of piperidine rings is 1. The van der Waals surface area contributed by atoms with Gasteiger partial charge < -0.3 is 15.2 Å². The molecule has 1 saturated carbocycles. The molecular weight excluding hydrogens is 442 g/mol. The smallest absolute Gasteiger partial charge is 0.317 e. The van der Waals surface area contributed by atoms with E-state index in [1.807, 2.05) is 29.2 Å². The van der Waals surface area contributed by atoms with Gasteiger partial charge in [-0.05, 0) is 43.4 Å². The molecular formula is C23H28ClN7O2. The Balaban J connectivity index is 1.28. The molecule has 0 radical (unpaired) electrons. The fourth-order valence-corrected chi connectivity index (χ4v) is 5.07. The molecule has 174 valence electrons. The number of halogens is 1. The van der Waals surface area contributed by atoms with Crippen molar-refractivity contribution in [2.75, 3.05) is 13.1 Å². The van der Waals surface area contributed by atoms with Crippen LogP contribution in [-0.4, -0.2) is 55.0 Å². The number of amides is 2. The first-order valence-corrected chi connectivity index (χ1v) is 12.1. The first kappa shape index (κ1) is 21.9. The maximum atomic E-state index is 12.7. The Morgan fingerprint density at radius 1 is 1.15 bits per heavy atom. The molecule has 2 aliphatic rings. The highest BCUT2D eigenvalue weighted by Gasteiger charge is 2.27. The molecule has 1 aliphatic carbocycles. The number of nitrogens with zero attached hydrogens (tertiary/aromatic N) is 5. The van der Waals surface area contributed by atoms with Gasteiger partial charge in [-0.1, -0.05) is 48.2 Å². The number of rotatable bonds is 4. The Morgan fingerprint density at radius 2 is 1.94 bits per heavy atom. The third-order valence-electron chi connectivity index (χ3n) is 6.72. The Labute approximate surface area is 196 Å². The summed E-state index contributed by atoms with van der Waals surface area (Å²) in [6.07, 6.45) is 7.30. The fraction of sp³-hybridized carbons (Fsp3) is 0.522. The highest BCUT2D eigenvalue weighted by molar-refractivity contribution is 6.30. The number of benzene rings is 1. The molecule has 1 aromatic carbocycles. The van der Waals surface area contributed by atoms with Crippen LogP contribution in [0.5, 0.6) is 0 Å². The number of fused-ring (bicyclic) bond motifs is 1. The van der Waals surface area contributed by atoms with Gasteiger partial charge in [0.15, 0.2) is 11.2 Å². The van der Waals surface area contributed by atoms with Crippen molar-refractivity contribution in [2.45, 2.75) is 63.5 Å². The minimum absolute atomic E-state index is 0.0288. The number of hydrogen-bond acceptors (Lipinski definition) is 5. The lowest BCUT2D eigenvalue weighted by Gasteiger charge is -2.33. The van der Waals surface area contributed by atoms with Gasteiger partial charge in [0.1, 0.15) is 5.82 Å². The van der Waals surface area contributed by atoms with E-state index in [9.17, 15) is 9.59 Å². The maximum Gasteiger partial charge on any atom is 0.317 e. The molecule has 0 bridgehead atoms. The molecule has 5 rings (SSSR count). The highest BCUT2D eigenvalue weighted by atomic mass is 35.5. The second-order valence-electron chi connectivity index (χ2n) is 9.05. The van der Waals surface area contributed by atoms with Gasteiger partial charge in [-0.15, -0.1) is 5.10 Å². The van der Waals surface area contributed by atoms with E-state index in [0.717, 1.165) is 31.2 Å². The predicted molar refractivity (Wildman–Crippen MR) is 125 cm³/mol. The van der Waals surface area contributed by atoms with E-state index in [4.69, 9.17) is 16.6 Å². The first-order chi connectivity index (χ1) is 16.1. The predicted octanol–water partition coefficient (Wildman–Crippen LogP) is 3.44. The third-order valence-corrected chi connectivity index (χ3v) is 6.95. The molecule has 9 nitrogen and oxygen atoms in total. The summed E-state index contributed by atoms with van der Waals surface area (Å²) < 4.78 is 1.63. The van der Waals surface area contributed by atoms with Crippen molar-refractivity contribution in [3.8, 4) is 0 Å². The molecule has 3 heterocycles. The van der Waals surface area contributed by atoms with E-state index in [-0.39, 0.29) is 23.0 Å². The Hall–Kier alpha value is -2.94. The summed E-state index contributed by atoms with van der Waals surface area (Å²) in [5.74, 6) is 0.713. The molecule has 2 fully saturated rings. The van der Waals surface area contributed by atoms with Crippen molar-refractivity contribution in [3.05, 3.63) is 51.0 Å². The number of carbonyl (C=O) groups is 1. The molecule has 0 unspecified atom stereocenters. The van der Waals surface area contributed by atoms with Crippen molar-refractivity contribution in [2.24, 2.45) is 0 Å². The van der Waals surface area contributed by atoms with Crippen LogP contribution in [0.15, 0.2) is 29.1 Å². The van der Waals surface area contributed by atoms with Crippen LogP contribution in [0, 0.1) is 0 Å². The summed E-state index contributed by atoms with van der Waals surface area (Å²) >= 11 is 6.10. The molecule has 0 spiro atoms. The van der Waals surface area contributed by atoms with Crippen molar-refractivity contribution >= 4 is 28.8 Å². The van der Waals surface area contributed by atoms with Crippen molar-refractivity contribution < 1.29 is 4.79 Å². The van der Waals surface area contributed by atoms with Crippen LogP contribution in [0.4, 0.5) is 4.79 Å². The van der Waals surface area contributed by atoms with Gasteiger partial charge in [-0.2, -0.15) is 0 Å². The van der Waals surface area contributed by atoms with E-state index >= 15 is 0 Å². The Kier molecular flexibility index (Phi) is 6.30. The van der Waals surface area contributed by atoms with E-state index in [1.54, 1.807) is 4.68 Å². The summed E-state index contributed by atoms with van der Waals surface area (Å²) in [7, 11) is 0. The van der Waals surface area contributed by atoms with Crippen LogP contribution in [0.1, 0.15) is 62.3 Å². The quantitative estimate of drug-likeness (QED) is 0.608. The third kappa shape index (κ3) is 4.88. The zero-order valence-electron chi connectivity index (χ0n) is 18.5. The van der Waals surface area contributed by atoms with E-state index in [1.165, 1.54) is 19.3 Å². The first-order valence-electron chi connectivity index (χ1n) is 11.7. The van der Waals surface area contributed by atoms with Crippen LogP contribution in [-0.2, 0) is 6.54 Å². The van der Waals surface area contributed by atoms with Gasteiger partial charge in [0.25, 0.3) is 5.56 Å². The number of nitrogens with one attached hydrogen (secondary N) is 2. The number of likely N-dealkylation sites (tertiary alicyclic amines) is 1. The number of hydrogen-bond donors (Lipinski definition) is 2. The lowest BCUT2D eigenvalue weighted by Crippen LogP contribution is -2.48. The lowest BCUT2D eigenvalue weighted by atomic mass is 9.95. The molecule has 3 aromatic rings. The zero-order valence-corrected chi connectivity index (χ0v) is 19.2. The highest BCUT2D eigenvalue weighted by Crippen LogP contribution is 2.26. The van der Waals surface area contributed by atoms with Crippen LogP contribution >= 0.6 is 11.6 Å². The summed E-state index contributed by atoms with van der Waals surface area (Å²) in [4.78, 5) is 34.8. The largest absolute Gasteiger partial charge is 0.335 e. The molecule has 1 aliphatic heterocycles. The SMILES string of the molecule is O=C(NC1CCCCC1)N1CCC(c2nc3c(nnn3Cc3cccc(Cl)c3)c(=O)[nH]2)CC1. The molecule has 2 N–H and O–H groups in total. The van der Waals surface area contributed by atoms with Crippen molar-refractivity contribution in [1.29, 1.82) is 0 Å². The molecule has 10 heteroatoms. The van der Waals surface area contributed by atoms with Gasteiger partial charge in [0, 0.05) is 30.1 Å². The van der Waals surface area contributed by atoms with Crippen molar-refractivity contribution in [1.82, 2.24) is 35.2 Å². The normalized spacial score (nSPS) is 18.0. The van der Waals surface area contributed by atoms with Gasteiger partial charge in [0.05, 0.1) is 6.54 Å². The standard InChI is InChI=1S/C23H28ClN7O2/c24-17-6-4-5-15(13-17)14-31-21-19(28-29-31)22(32)27-20(26-21)16-9-11-30(12-10-16)23(33)25-18-7-2-1-3-8-18/h4-6,13,16,18H,1-3,7-12,14H2,(H,25,33)(H,26,27,32). The molecule has 33 heavy (non-hydrogen) atoms. The molecule has 0 atom stereocenters. The monoisotopic (exact) mass is 469 g/mol. The van der Waals surface area contributed by atoms with Gasteiger partial charge >= 0.3 is 6.03 Å². The van der Waals surface area contributed by atoms with E-state index in [2.05, 4.69) is 20.6 Å². The number of H-pyrrole nitrogens is 1. The number of aromatic nitrogens is 5. The Bertz CT molecular complexity index is 1190. The molecule has 1 saturated heterocycles. The number of urea groups is 1. The van der Waals surface area contributed by atoms with E-state index in [0.29, 0.717) is 42.2 Å². The minimum Gasteiger partial charge on any atom is -0.335 e. The number of carbonyl (C=O) groups excluding carboxylic acids is 1. The lowest BCUT2D eigenvalue weighted by molar-refractivity contribution is 0.173. The summed E-state index contributed by atoms with van der Waals surface area (Å²) in [5.41, 5.74) is 1.36. The summed E-state index contributed by atoms with van der Waals surface area (Å²) in [5, 5.41) is 12.0. The number of aromatic amines is 1. The average Bonchev–Trinajstić information content (AvgIpc) is 3.23. The van der Waals surface area contributed by atoms with Crippen LogP contribution in [0.3, 0.4) is 0 Å². The van der Waals surface area contributed by atoms with Crippen LogP contribution < -0.4 is 10.9 Å².